The molecule has 2 rings (SSSR count). The molecule has 1 aliphatic rings. The standard InChI is InChI=1S/C16H25N3O/c1-3-19(4-2)15(13-8-6-5-7-9-13)12-17-16(20)18-14-10-11-14/h5-9,14-15H,3-4,10-12H2,1-2H3,(H2,17,18,20). The summed E-state index contributed by atoms with van der Waals surface area (Å²) in [7, 11) is 0. The number of urea groups is 1. The van der Waals surface area contributed by atoms with Gasteiger partial charge in [-0.25, -0.2) is 4.79 Å². The minimum atomic E-state index is -0.0411. The highest BCUT2D eigenvalue weighted by Gasteiger charge is 2.24. The molecule has 1 aromatic rings. The molecule has 1 fully saturated rings. The molecule has 1 unspecified atom stereocenters. The second-order valence-electron chi connectivity index (χ2n) is 5.28. The number of nitrogens with one attached hydrogen (secondary N) is 2. The summed E-state index contributed by atoms with van der Waals surface area (Å²) in [6.45, 7) is 6.90. The summed E-state index contributed by atoms with van der Waals surface area (Å²) in [6, 6.07) is 11.0. The Morgan fingerprint density at radius 3 is 2.45 bits per heavy atom. The summed E-state index contributed by atoms with van der Waals surface area (Å²) in [5.41, 5.74) is 1.25. The molecule has 1 atom stereocenters. The van der Waals surface area contributed by atoms with Crippen molar-refractivity contribution in [1.29, 1.82) is 0 Å². The van der Waals surface area contributed by atoms with E-state index in [1.165, 1.54) is 5.56 Å². The van der Waals surface area contributed by atoms with Crippen molar-refractivity contribution in [3.8, 4) is 0 Å². The first kappa shape index (κ1) is 14.9. The molecule has 4 heteroatoms. The van der Waals surface area contributed by atoms with E-state index in [2.05, 4.69) is 53.6 Å². The first-order valence-corrected chi connectivity index (χ1v) is 7.58. The van der Waals surface area contributed by atoms with E-state index in [9.17, 15) is 4.79 Å². The van der Waals surface area contributed by atoms with Gasteiger partial charge in [0, 0.05) is 12.6 Å². The number of carbonyl (C=O) groups is 1. The predicted octanol–water partition coefficient (Wildman–Crippen LogP) is 2.53. The molecule has 2 N–H and O–H groups in total. The summed E-state index contributed by atoms with van der Waals surface area (Å²) < 4.78 is 0. The number of carbonyl (C=O) groups excluding carboxylic acids is 1. The van der Waals surface area contributed by atoms with E-state index < -0.39 is 0 Å². The lowest BCUT2D eigenvalue weighted by Crippen LogP contribution is -2.42. The number of rotatable bonds is 7. The van der Waals surface area contributed by atoms with Gasteiger partial charge in [-0.1, -0.05) is 44.2 Å². The zero-order valence-electron chi connectivity index (χ0n) is 12.4. The van der Waals surface area contributed by atoms with Crippen molar-refractivity contribution in [2.75, 3.05) is 19.6 Å². The normalized spacial score (nSPS) is 15.9. The Hall–Kier alpha value is -1.55. The van der Waals surface area contributed by atoms with Crippen LogP contribution in [0.4, 0.5) is 4.79 Å². The fourth-order valence-corrected chi connectivity index (χ4v) is 2.45. The van der Waals surface area contributed by atoms with Crippen molar-refractivity contribution in [1.82, 2.24) is 15.5 Å². The maximum Gasteiger partial charge on any atom is 0.315 e. The fourth-order valence-electron chi connectivity index (χ4n) is 2.45. The van der Waals surface area contributed by atoms with Crippen LogP contribution in [-0.4, -0.2) is 36.6 Å². The van der Waals surface area contributed by atoms with Crippen LogP contribution < -0.4 is 10.6 Å². The molecule has 0 aliphatic heterocycles. The fraction of sp³-hybridized carbons (Fsp3) is 0.562. The number of nitrogens with zero attached hydrogens (tertiary/aromatic N) is 1. The molecule has 0 saturated heterocycles. The lowest BCUT2D eigenvalue weighted by atomic mass is 10.1. The molecule has 0 aromatic heterocycles. The van der Waals surface area contributed by atoms with E-state index in [1.54, 1.807) is 0 Å². The Morgan fingerprint density at radius 2 is 1.90 bits per heavy atom. The van der Waals surface area contributed by atoms with Gasteiger partial charge in [-0.3, -0.25) is 4.90 Å². The van der Waals surface area contributed by atoms with E-state index in [0.29, 0.717) is 12.6 Å². The van der Waals surface area contributed by atoms with Gasteiger partial charge in [0.05, 0.1) is 6.04 Å². The average Bonchev–Trinajstić information content (AvgIpc) is 3.28. The molecule has 4 nitrogen and oxygen atoms in total. The summed E-state index contributed by atoms with van der Waals surface area (Å²) in [5.74, 6) is 0. The molecule has 0 bridgehead atoms. The largest absolute Gasteiger partial charge is 0.336 e. The van der Waals surface area contributed by atoms with Crippen LogP contribution in [-0.2, 0) is 0 Å². The highest BCUT2D eigenvalue weighted by atomic mass is 16.2. The number of hydrogen-bond acceptors (Lipinski definition) is 2. The van der Waals surface area contributed by atoms with E-state index >= 15 is 0 Å². The highest BCUT2D eigenvalue weighted by Crippen LogP contribution is 2.20. The monoisotopic (exact) mass is 275 g/mol. The Kier molecular flexibility index (Phi) is 5.41. The van der Waals surface area contributed by atoms with E-state index in [1.807, 2.05) is 6.07 Å². The van der Waals surface area contributed by atoms with E-state index in [0.717, 1.165) is 25.9 Å². The summed E-state index contributed by atoms with van der Waals surface area (Å²) in [6.07, 6.45) is 2.23. The Bertz CT molecular complexity index is 413. The van der Waals surface area contributed by atoms with Crippen LogP contribution >= 0.6 is 0 Å². The minimum Gasteiger partial charge on any atom is -0.336 e. The van der Waals surface area contributed by atoms with Gasteiger partial charge in [-0.15, -0.1) is 0 Å². The SMILES string of the molecule is CCN(CC)C(CNC(=O)NC1CC1)c1ccccc1. The maximum absolute atomic E-state index is 11.8. The molecule has 1 aliphatic carbocycles. The first-order chi connectivity index (χ1) is 9.74. The maximum atomic E-state index is 11.8. The summed E-state index contributed by atoms with van der Waals surface area (Å²) in [4.78, 5) is 14.2. The van der Waals surface area contributed by atoms with Crippen LogP contribution in [0.5, 0.6) is 0 Å². The first-order valence-electron chi connectivity index (χ1n) is 7.58. The van der Waals surface area contributed by atoms with Crippen LogP contribution in [0.3, 0.4) is 0 Å². The highest BCUT2D eigenvalue weighted by molar-refractivity contribution is 5.74. The minimum absolute atomic E-state index is 0.0411. The van der Waals surface area contributed by atoms with Gasteiger partial charge in [-0.05, 0) is 31.5 Å². The van der Waals surface area contributed by atoms with Gasteiger partial charge in [0.15, 0.2) is 0 Å². The summed E-state index contributed by atoms with van der Waals surface area (Å²) >= 11 is 0. The van der Waals surface area contributed by atoms with Crippen molar-refractivity contribution in [2.24, 2.45) is 0 Å². The third kappa shape index (κ3) is 4.23. The van der Waals surface area contributed by atoms with Crippen molar-refractivity contribution in [3.63, 3.8) is 0 Å². The molecular formula is C16H25N3O. The van der Waals surface area contributed by atoms with Crippen LogP contribution in [0.25, 0.3) is 0 Å². The van der Waals surface area contributed by atoms with Gasteiger partial charge < -0.3 is 10.6 Å². The number of amides is 2. The zero-order valence-corrected chi connectivity index (χ0v) is 12.4. The number of hydrogen-bond donors (Lipinski definition) is 2. The van der Waals surface area contributed by atoms with Crippen molar-refractivity contribution >= 4 is 6.03 Å². The van der Waals surface area contributed by atoms with Gasteiger partial charge in [0.1, 0.15) is 0 Å². The van der Waals surface area contributed by atoms with Gasteiger partial charge in [0.25, 0.3) is 0 Å². The quantitative estimate of drug-likeness (QED) is 0.803. The molecule has 1 saturated carbocycles. The zero-order chi connectivity index (χ0) is 14.4. The van der Waals surface area contributed by atoms with E-state index in [-0.39, 0.29) is 12.1 Å². The molecule has 0 heterocycles. The van der Waals surface area contributed by atoms with Gasteiger partial charge >= 0.3 is 6.03 Å². The molecule has 0 radical (unpaired) electrons. The summed E-state index contributed by atoms with van der Waals surface area (Å²) in [5, 5.41) is 5.98. The molecular weight excluding hydrogens is 250 g/mol. The lowest BCUT2D eigenvalue weighted by molar-refractivity contribution is 0.206. The van der Waals surface area contributed by atoms with Crippen molar-refractivity contribution in [2.45, 2.75) is 38.8 Å². The van der Waals surface area contributed by atoms with Crippen LogP contribution in [0.1, 0.15) is 38.3 Å². The molecule has 20 heavy (non-hydrogen) atoms. The molecule has 110 valence electrons. The van der Waals surface area contributed by atoms with Gasteiger partial charge in [-0.2, -0.15) is 0 Å². The third-order valence-corrected chi connectivity index (χ3v) is 3.81. The number of likely N-dealkylation sites (N-methyl/N-ethyl adjacent to an activating group) is 1. The van der Waals surface area contributed by atoms with E-state index in [4.69, 9.17) is 0 Å². The molecule has 0 spiro atoms. The van der Waals surface area contributed by atoms with Crippen LogP contribution in [0.15, 0.2) is 30.3 Å². The van der Waals surface area contributed by atoms with Crippen LogP contribution in [0, 0.1) is 0 Å². The third-order valence-electron chi connectivity index (χ3n) is 3.81. The lowest BCUT2D eigenvalue weighted by Gasteiger charge is -2.30. The Balaban J connectivity index is 1.96. The topological polar surface area (TPSA) is 44.4 Å². The van der Waals surface area contributed by atoms with Gasteiger partial charge in [0.2, 0.25) is 0 Å². The van der Waals surface area contributed by atoms with Crippen LogP contribution in [0.2, 0.25) is 0 Å². The Labute approximate surface area is 121 Å². The van der Waals surface area contributed by atoms with Crippen molar-refractivity contribution in [3.05, 3.63) is 35.9 Å². The smallest absolute Gasteiger partial charge is 0.315 e. The van der Waals surface area contributed by atoms with Crippen molar-refractivity contribution < 1.29 is 4.79 Å². The average molecular weight is 275 g/mol. The Morgan fingerprint density at radius 1 is 1.25 bits per heavy atom. The molecule has 1 aromatic carbocycles. The second kappa shape index (κ2) is 7.29. The molecule has 2 amide bonds. The second-order valence-corrected chi connectivity index (χ2v) is 5.28. The predicted molar refractivity (Wildman–Crippen MR) is 81.7 cm³/mol. The number of benzene rings is 1.